The van der Waals surface area contributed by atoms with Crippen molar-refractivity contribution >= 4 is 28.3 Å². The molecule has 1 aromatic rings. The maximum absolute atomic E-state index is 6.21. The van der Waals surface area contributed by atoms with Crippen LogP contribution in [0.15, 0.2) is 22.9 Å². The van der Waals surface area contributed by atoms with Crippen LogP contribution in [0.1, 0.15) is 24.4 Å². The molecule has 1 aliphatic rings. The van der Waals surface area contributed by atoms with Gasteiger partial charge in [0.15, 0.2) is 0 Å². The van der Waals surface area contributed by atoms with Gasteiger partial charge in [0.25, 0.3) is 0 Å². The molecule has 3 nitrogen and oxygen atoms in total. The van der Waals surface area contributed by atoms with Crippen molar-refractivity contribution < 1.29 is 4.74 Å². The molecule has 1 saturated heterocycles. The van der Waals surface area contributed by atoms with Gasteiger partial charge in [0, 0.05) is 25.5 Å². The van der Waals surface area contributed by atoms with Crippen molar-refractivity contribution in [1.29, 1.82) is 0 Å². The van der Waals surface area contributed by atoms with Crippen molar-refractivity contribution in [2.75, 3.05) is 13.2 Å². The van der Waals surface area contributed by atoms with Gasteiger partial charge < -0.3 is 10.5 Å². The Morgan fingerprint density at radius 3 is 2.62 bits per heavy atom. The summed E-state index contributed by atoms with van der Waals surface area (Å²) in [5.41, 5.74) is 7.32. The van der Waals surface area contributed by atoms with E-state index in [1.54, 1.807) is 0 Å². The Hall–Kier alpha value is -0.160. The van der Waals surface area contributed by atoms with Crippen LogP contribution < -0.4 is 5.73 Å². The van der Waals surface area contributed by atoms with E-state index in [1.165, 1.54) is 0 Å². The topological polar surface area (TPSA) is 48.1 Å². The molecule has 0 aliphatic carbocycles. The van der Waals surface area contributed by atoms with E-state index in [9.17, 15) is 0 Å². The summed E-state index contributed by atoms with van der Waals surface area (Å²) in [6, 6.07) is 4.07. The lowest BCUT2D eigenvalue weighted by molar-refractivity contribution is 0.0583. The Labute approximate surface area is 110 Å². The third kappa shape index (κ3) is 3.42. The minimum atomic E-state index is 0. The van der Waals surface area contributed by atoms with E-state index in [4.69, 9.17) is 10.5 Å². The number of nitrogens with zero attached hydrogens (tertiary/aromatic N) is 1. The van der Waals surface area contributed by atoms with Crippen LogP contribution in [-0.4, -0.2) is 18.2 Å². The molecule has 16 heavy (non-hydrogen) atoms. The fourth-order valence-electron chi connectivity index (χ4n) is 1.93. The van der Waals surface area contributed by atoms with Gasteiger partial charge in [-0.2, -0.15) is 0 Å². The molecule has 1 fully saturated rings. The maximum atomic E-state index is 6.21. The van der Waals surface area contributed by atoms with Crippen LogP contribution in [-0.2, 0) is 4.74 Å². The van der Waals surface area contributed by atoms with Gasteiger partial charge in [-0.3, -0.25) is 0 Å². The zero-order chi connectivity index (χ0) is 10.7. The fraction of sp³-hybridized carbons (Fsp3) is 0.545. The molecule has 2 N–H and O–H groups in total. The van der Waals surface area contributed by atoms with Gasteiger partial charge in [-0.25, -0.2) is 4.98 Å². The lowest BCUT2D eigenvalue weighted by Gasteiger charge is -2.27. The van der Waals surface area contributed by atoms with Gasteiger partial charge in [0.05, 0.1) is 0 Å². The van der Waals surface area contributed by atoms with E-state index in [0.717, 1.165) is 36.2 Å². The average molecular weight is 308 g/mol. The first-order valence-corrected chi connectivity index (χ1v) is 6.01. The predicted octanol–water partition coefficient (Wildman–Crippen LogP) is 2.69. The zero-order valence-electron chi connectivity index (χ0n) is 8.93. The molecule has 0 bridgehead atoms. The highest BCUT2D eigenvalue weighted by Crippen LogP contribution is 2.27. The average Bonchev–Trinajstić information content (AvgIpc) is 2.30. The third-order valence-electron chi connectivity index (χ3n) is 2.91. The van der Waals surface area contributed by atoms with Gasteiger partial charge in [-0.1, -0.05) is 6.07 Å². The number of hydrogen-bond acceptors (Lipinski definition) is 3. The molecular formula is C11H16BrClN2O. The molecule has 0 unspecified atom stereocenters. The van der Waals surface area contributed by atoms with Gasteiger partial charge >= 0.3 is 0 Å². The van der Waals surface area contributed by atoms with Crippen LogP contribution in [0.3, 0.4) is 0 Å². The molecule has 2 heterocycles. The van der Waals surface area contributed by atoms with Crippen LogP contribution in [0.2, 0.25) is 0 Å². The normalized spacial score (nSPS) is 18.9. The highest BCUT2D eigenvalue weighted by atomic mass is 79.9. The van der Waals surface area contributed by atoms with Gasteiger partial charge in [0.1, 0.15) is 4.60 Å². The van der Waals surface area contributed by atoms with Crippen LogP contribution in [0.25, 0.3) is 0 Å². The Kier molecular flexibility index (Phi) is 5.69. The first-order chi connectivity index (χ1) is 7.27. The van der Waals surface area contributed by atoms with Crippen molar-refractivity contribution in [3.8, 4) is 0 Å². The third-order valence-corrected chi connectivity index (χ3v) is 3.38. The van der Waals surface area contributed by atoms with E-state index in [1.807, 2.05) is 18.3 Å². The molecule has 0 radical (unpaired) electrons. The number of nitrogens with two attached hydrogens (primary N) is 1. The Balaban J connectivity index is 0.00000128. The lowest BCUT2D eigenvalue weighted by Crippen LogP contribution is -2.27. The van der Waals surface area contributed by atoms with Crippen molar-refractivity contribution in [2.24, 2.45) is 11.7 Å². The summed E-state index contributed by atoms with van der Waals surface area (Å²) in [6.07, 6.45) is 3.96. The second-order valence-corrected chi connectivity index (χ2v) is 4.70. The molecule has 2 rings (SSSR count). The number of hydrogen-bond donors (Lipinski definition) is 1. The Morgan fingerprint density at radius 1 is 1.38 bits per heavy atom. The molecule has 0 spiro atoms. The number of aromatic nitrogens is 1. The van der Waals surface area contributed by atoms with Crippen molar-refractivity contribution in [2.45, 2.75) is 18.9 Å². The van der Waals surface area contributed by atoms with Gasteiger partial charge in [-0.15, -0.1) is 12.4 Å². The second-order valence-electron chi connectivity index (χ2n) is 3.89. The molecule has 0 saturated carbocycles. The highest BCUT2D eigenvalue weighted by Gasteiger charge is 2.22. The van der Waals surface area contributed by atoms with Crippen LogP contribution >= 0.6 is 28.3 Å². The van der Waals surface area contributed by atoms with E-state index in [-0.39, 0.29) is 18.4 Å². The molecule has 5 heteroatoms. The van der Waals surface area contributed by atoms with E-state index < -0.39 is 0 Å². The maximum Gasteiger partial charge on any atom is 0.106 e. The monoisotopic (exact) mass is 306 g/mol. The molecule has 1 aliphatic heterocycles. The van der Waals surface area contributed by atoms with Crippen LogP contribution in [0, 0.1) is 5.92 Å². The minimum absolute atomic E-state index is 0. The molecule has 0 amide bonds. The van der Waals surface area contributed by atoms with E-state index in [2.05, 4.69) is 20.9 Å². The Bertz CT molecular complexity index is 314. The summed E-state index contributed by atoms with van der Waals surface area (Å²) in [6.45, 7) is 1.67. The van der Waals surface area contributed by atoms with Gasteiger partial charge in [-0.05, 0) is 46.3 Å². The van der Waals surface area contributed by atoms with Crippen LogP contribution in [0.4, 0.5) is 0 Å². The van der Waals surface area contributed by atoms with Crippen molar-refractivity contribution in [3.05, 3.63) is 28.5 Å². The van der Waals surface area contributed by atoms with Gasteiger partial charge in [0.2, 0.25) is 0 Å². The molecule has 1 aromatic heterocycles. The summed E-state index contributed by atoms with van der Waals surface area (Å²) in [5.74, 6) is 0.529. The number of pyridine rings is 1. The first kappa shape index (κ1) is 13.9. The number of halogens is 2. The summed E-state index contributed by atoms with van der Waals surface area (Å²) in [7, 11) is 0. The minimum Gasteiger partial charge on any atom is -0.381 e. The summed E-state index contributed by atoms with van der Waals surface area (Å²) < 4.78 is 6.18. The molecule has 0 aromatic carbocycles. The summed E-state index contributed by atoms with van der Waals surface area (Å²) >= 11 is 3.32. The standard InChI is InChI=1S/C11H15BrN2O.ClH/c12-10-2-1-9(7-14-10)11(13)8-3-5-15-6-4-8;/h1-2,7-8,11H,3-6,13H2;1H/t11-;/m1./s1. The Morgan fingerprint density at radius 2 is 2.06 bits per heavy atom. The largest absolute Gasteiger partial charge is 0.381 e. The number of rotatable bonds is 2. The SMILES string of the molecule is Cl.N[C@@H](c1ccc(Br)nc1)C1CCOCC1. The molecular weight excluding hydrogens is 291 g/mol. The molecule has 90 valence electrons. The van der Waals surface area contributed by atoms with E-state index in [0.29, 0.717) is 5.92 Å². The summed E-state index contributed by atoms with van der Waals surface area (Å²) in [5, 5.41) is 0. The lowest BCUT2D eigenvalue weighted by atomic mass is 9.88. The quantitative estimate of drug-likeness (QED) is 0.855. The number of ether oxygens (including phenoxy) is 1. The predicted molar refractivity (Wildman–Crippen MR) is 69.7 cm³/mol. The second kappa shape index (κ2) is 6.55. The smallest absolute Gasteiger partial charge is 0.106 e. The molecule has 1 atom stereocenters. The first-order valence-electron chi connectivity index (χ1n) is 5.22. The van der Waals surface area contributed by atoms with Crippen LogP contribution in [0.5, 0.6) is 0 Å². The van der Waals surface area contributed by atoms with Crippen molar-refractivity contribution in [3.63, 3.8) is 0 Å². The highest BCUT2D eigenvalue weighted by molar-refractivity contribution is 9.10. The van der Waals surface area contributed by atoms with E-state index >= 15 is 0 Å². The fourth-order valence-corrected chi connectivity index (χ4v) is 2.17. The zero-order valence-corrected chi connectivity index (χ0v) is 11.3. The van der Waals surface area contributed by atoms with Crippen molar-refractivity contribution in [1.82, 2.24) is 4.98 Å². The summed E-state index contributed by atoms with van der Waals surface area (Å²) in [4.78, 5) is 4.20.